The molecule has 0 unspecified atom stereocenters. The van der Waals surface area contributed by atoms with Crippen molar-refractivity contribution in [3.63, 3.8) is 0 Å². The molecular weight excluding hydrogens is 356 g/mol. The summed E-state index contributed by atoms with van der Waals surface area (Å²) in [5, 5.41) is 0. The summed E-state index contributed by atoms with van der Waals surface area (Å²) in [6.07, 6.45) is 6.11. The molecule has 146 valence electrons. The lowest BCUT2D eigenvalue weighted by Crippen LogP contribution is -2.12. The maximum Gasteiger partial charge on any atom is 0.331 e. The summed E-state index contributed by atoms with van der Waals surface area (Å²) in [5.41, 5.74) is 3.89. The number of aryl methyl sites for hydroxylation is 2. The third-order valence-corrected chi connectivity index (χ3v) is 4.67. The van der Waals surface area contributed by atoms with Crippen LogP contribution in [0.15, 0.2) is 42.5 Å². The van der Waals surface area contributed by atoms with E-state index in [9.17, 15) is 9.59 Å². The van der Waals surface area contributed by atoms with Crippen LogP contribution in [0.5, 0.6) is 11.5 Å². The molecule has 0 amide bonds. The SMILES string of the molecule is CCOc1ccc(/C=C/C(=O)OCC(=O)c2ccc3c(c2)CCC3)cc1OC. The first kappa shape index (κ1) is 19.7. The zero-order valence-electron chi connectivity index (χ0n) is 16.2. The van der Waals surface area contributed by atoms with Crippen LogP contribution in [0.4, 0.5) is 0 Å². The number of carbonyl (C=O) groups excluding carboxylic acids is 2. The van der Waals surface area contributed by atoms with E-state index >= 15 is 0 Å². The largest absolute Gasteiger partial charge is 0.493 e. The fourth-order valence-electron chi connectivity index (χ4n) is 3.24. The molecule has 28 heavy (non-hydrogen) atoms. The smallest absolute Gasteiger partial charge is 0.331 e. The van der Waals surface area contributed by atoms with Gasteiger partial charge in [-0.25, -0.2) is 4.79 Å². The van der Waals surface area contributed by atoms with Gasteiger partial charge in [-0.1, -0.05) is 18.2 Å². The number of fused-ring (bicyclic) bond motifs is 1. The molecular formula is C23H24O5. The Morgan fingerprint density at radius 3 is 2.64 bits per heavy atom. The Labute approximate surface area is 164 Å². The molecule has 1 aliphatic carbocycles. The number of ether oxygens (including phenoxy) is 3. The van der Waals surface area contributed by atoms with Crippen molar-refractivity contribution in [3.05, 3.63) is 64.7 Å². The van der Waals surface area contributed by atoms with Gasteiger partial charge >= 0.3 is 5.97 Å². The van der Waals surface area contributed by atoms with Gasteiger partial charge < -0.3 is 14.2 Å². The molecule has 0 saturated carbocycles. The lowest BCUT2D eigenvalue weighted by Gasteiger charge is -2.09. The molecule has 2 aromatic carbocycles. The summed E-state index contributed by atoms with van der Waals surface area (Å²) in [6, 6.07) is 11.1. The van der Waals surface area contributed by atoms with Gasteiger partial charge in [-0.15, -0.1) is 0 Å². The number of hydrogen-bond donors (Lipinski definition) is 0. The monoisotopic (exact) mass is 380 g/mol. The van der Waals surface area contributed by atoms with Crippen LogP contribution in [0.3, 0.4) is 0 Å². The van der Waals surface area contributed by atoms with Crippen molar-refractivity contribution in [1.29, 1.82) is 0 Å². The summed E-state index contributed by atoms with van der Waals surface area (Å²) in [5.74, 6) is 0.468. The van der Waals surface area contributed by atoms with E-state index in [1.54, 1.807) is 25.3 Å². The Morgan fingerprint density at radius 2 is 1.86 bits per heavy atom. The Hall–Kier alpha value is -3.08. The van der Waals surface area contributed by atoms with E-state index in [1.807, 2.05) is 31.2 Å². The maximum absolute atomic E-state index is 12.3. The van der Waals surface area contributed by atoms with Crippen molar-refractivity contribution in [2.75, 3.05) is 20.3 Å². The molecule has 0 spiro atoms. The highest BCUT2D eigenvalue weighted by atomic mass is 16.5. The van der Waals surface area contributed by atoms with Crippen LogP contribution in [-0.2, 0) is 22.4 Å². The number of esters is 1. The predicted octanol–water partition coefficient (Wildman–Crippen LogP) is 4.02. The maximum atomic E-state index is 12.3. The summed E-state index contributed by atoms with van der Waals surface area (Å²) >= 11 is 0. The van der Waals surface area contributed by atoms with E-state index in [0.29, 0.717) is 23.7 Å². The van der Waals surface area contributed by atoms with E-state index in [2.05, 4.69) is 0 Å². The third-order valence-electron chi connectivity index (χ3n) is 4.67. The van der Waals surface area contributed by atoms with E-state index in [4.69, 9.17) is 14.2 Å². The van der Waals surface area contributed by atoms with E-state index < -0.39 is 5.97 Å². The normalized spacial score (nSPS) is 12.6. The first-order valence-electron chi connectivity index (χ1n) is 9.41. The summed E-state index contributed by atoms with van der Waals surface area (Å²) in [6.45, 7) is 2.16. The van der Waals surface area contributed by atoms with Gasteiger partial charge in [0.1, 0.15) is 0 Å². The number of hydrogen-bond acceptors (Lipinski definition) is 5. The Morgan fingerprint density at radius 1 is 1.04 bits per heavy atom. The molecule has 0 aromatic heterocycles. The minimum Gasteiger partial charge on any atom is -0.493 e. The molecule has 0 atom stereocenters. The summed E-state index contributed by atoms with van der Waals surface area (Å²) in [4.78, 5) is 24.2. The number of Topliss-reactive ketones (excluding diaryl/α,β-unsaturated/α-hetero) is 1. The van der Waals surface area contributed by atoms with Gasteiger partial charge in [0, 0.05) is 11.6 Å². The molecule has 0 aliphatic heterocycles. The van der Waals surface area contributed by atoms with E-state index in [1.165, 1.54) is 17.2 Å². The fourth-order valence-corrected chi connectivity index (χ4v) is 3.24. The van der Waals surface area contributed by atoms with Gasteiger partial charge in [-0.3, -0.25) is 4.79 Å². The van der Waals surface area contributed by atoms with Gasteiger partial charge in [0.25, 0.3) is 0 Å². The second-order valence-corrected chi connectivity index (χ2v) is 6.54. The third kappa shape index (κ3) is 4.80. The van der Waals surface area contributed by atoms with Gasteiger partial charge in [0.2, 0.25) is 0 Å². The molecule has 3 rings (SSSR count). The van der Waals surface area contributed by atoms with Crippen LogP contribution in [0.1, 0.15) is 40.4 Å². The molecule has 0 fully saturated rings. The van der Waals surface area contributed by atoms with Crippen LogP contribution in [0, 0.1) is 0 Å². The van der Waals surface area contributed by atoms with Crippen molar-refractivity contribution in [2.45, 2.75) is 26.2 Å². The average Bonchev–Trinajstić information content (AvgIpc) is 3.19. The van der Waals surface area contributed by atoms with E-state index in [0.717, 1.165) is 24.8 Å². The first-order valence-corrected chi connectivity index (χ1v) is 9.41. The van der Waals surface area contributed by atoms with Gasteiger partial charge in [0.05, 0.1) is 13.7 Å². The van der Waals surface area contributed by atoms with Crippen molar-refractivity contribution < 1.29 is 23.8 Å². The minimum atomic E-state index is -0.567. The molecule has 5 heteroatoms. The van der Waals surface area contributed by atoms with Crippen molar-refractivity contribution in [2.24, 2.45) is 0 Å². The fraction of sp³-hybridized carbons (Fsp3) is 0.304. The zero-order chi connectivity index (χ0) is 19.9. The number of carbonyl (C=O) groups is 2. The zero-order valence-corrected chi connectivity index (χ0v) is 16.2. The highest BCUT2D eigenvalue weighted by Crippen LogP contribution is 2.28. The second kappa shape index (κ2) is 9.22. The molecule has 2 aromatic rings. The molecule has 0 heterocycles. The van der Waals surface area contributed by atoms with Crippen LogP contribution in [0.2, 0.25) is 0 Å². The molecule has 0 bridgehead atoms. The topological polar surface area (TPSA) is 61.8 Å². The molecule has 0 radical (unpaired) electrons. The van der Waals surface area contributed by atoms with Gasteiger partial charge in [-0.2, -0.15) is 0 Å². The van der Waals surface area contributed by atoms with Crippen molar-refractivity contribution >= 4 is 17.8 Å². The Balaban J connectivity index is 1.56. The Bertz CT molecular complexity index is 898. The Kier molecular flexibility index (Phi) is 6.48. The first-order chi connectivity index (χ1) is 13.6. The van der Waals surface area contributed by atoms with E-state index in [-0.39, 0.29) is 12.4 Å². The average molecular weight is 380 g/mol. The van der Waals surface area contributed by atoms with Crippen LogP contribution in [0.25, 0.3) is 6.08 Å². The molecule has 0 saturated heterocycles. The number of methoxy groups -OCH3 is 1. The number of ketones is 1. The number of benzene rings is 2. The van der Waals surface area contributed by atoms with Gasteiger partial charge in [0.15, 0.2) is 23.9 Å². The van der Waals surface area contributed by atoms with Gasteiger partial charge in [-0.05, 0) is 67.2 Å². The summed E-state index contributed by atoms with van der Waals surface area (Å²) < 4.78 is 15.8. The predicted molar refractivity (Wildman–Crippen MR) is 107 cm³/mol. The highest BCUT2D eigenvalue weighted by molar-refractivity contribution is 5.99. The lowest BCUT2D eigenvalue weighted by atomic mass is 10.0. The highest BCUT2D eigenvalue weighted by Gasteiger charge is 2.15. The second-order valence-electron chi connectivity index (χ2n) is 6.54. The van der Waals surface area contributed by atoms with Crippen LogP contribution in [-0.4, -0.2) is 32.1 Å². The summed E-state index contributed by atoms with van der Waals surface area (Å²) in [7, 11) is 1.56. The standard InChI is InChI=1S/C23H24O5/c1-3-27-21-11-7-16(13-22(21)26-2)8-12-23(25)28-15-20(24)19-10-9-17-5-4-6-18(17)14-19/h7-14H,3-6,15H2,1-2H3/b12-8+. The van der Waals surface area contributed by atoms with Crippen LogP contribution >= 0.6 is 0 Å². The quantitative estimate of drug-likeness (QED) is 0.393. The molecule has 5 nitrogen and oxygen atoms in total. The lowest BCUT2D eigenvalue weighted by molar-refractivity contribution is -0.136. The number of rotatable bonds is 8. The van der Waals surface area contributed by atoms with Crippen molar-refractivity contribution in [3.8, 4) is 11.5 Å². The van der Waals surface area contributed by atoms with Crippen molar-refractivity contribution in [1.82, 2.24) is 0 Å². The van der Waals surface area contributed by atoms with Crippen LogP contribution < -0.4 is 9.47 Å². The molecule has 1 aliphatic rings. The molecule has 0 N–H and O–H groups in total. The minimum absolute atomic E-state index is 0.195.